The average molecular weight is 467 g/mol. The summed E-state index contributed by atoms with van der Waals surface area (Å²) in [6.07, 6.45) is 2.76. The summed E-state index contributed by atoms with van der Waals surface area (Å²) in [6, 6.07) is 4.60. The third-order valence-electron chi connectivity index (χ3n) is 4.48. The fourth-order valence-corrected chi connectivity index (χ4v) is 4.82. The number of benzene rings is 1. The first-order valence-corrected chi connectivity index (χ1v) is 11.6. The lowest BCUT2D eigenvalue weighted by Gasteiger charge is -2.15. The molecule has 2 rings (SSSR count). The minimum absolute atomic E-state index is 0.00309. The minimum Gasteiger partial charge on any atom is -0.495 e. The van der Waals surface area contributed by atoms with E-state index in [4.69, 9.17) is 9.47 Å². The molecule has 0 unspecified atom stereocenters. The van der Waals surface area contributed by atoms with Gasteiger partial charge in [0.1, 0.15) is 15.6 Å². The molecule has 2 aromatic rings. The number of anilines is 1. The number of carbonyl (C=O) groups is 2. The Kier molecular flexibility index (Phi) is 7.99. The second-order valence-corrected chi connectivity index (χ2v) is 10.1. The van der Waals surface area contributed by atoms with Crippen molar-refractivity contribution < 1.29 is 27.5 Å². The lowest BCUT2D eigenvalue weighted by atomic mass is 10.1. The molecular weight excluding hydrogens is 440 g/mol. The molecule has 0 spiro atoms. The second kappa shape index (κ2) is 10.1. The van der Waals surface area contributed by atoms with E-state index in [1.807, 2.05) is 6.92 Å². The van der Waals surface area contributed by atoms with Crippen molar-refractivity contribution in [1.82, 2.24) is 4.31 Å². The molecule has 0 saturated heterocycles. The molecule has 0 aliphatic heterocycles. The van der Waals surface area contributed by atoms with E-state index in [2.05, 4.69) is 5.32 Å². The van der Waals surface area contributed by atoms with E-state index in [0.29, 0.717) is 16.1 Å². The third-order valence-corrected chi connectivity index (χ3v) is 7.43. The Morgan fingerprint density at radius 2 is 1.90 bits per heavy atom. The number of aryl methyl sites for hydroxylation is 1. The van der Waals surface area contributed by atoms with E-state index in [-0.39, 0.29) is 17.3 Å². The van der Waals surface area contributed by atoms with Gasteiger partial charge in [0.05, 0.1) is 19.3 Å². The van der Waals surface area contributed by atoms with Gasteiger partial charge in [0.2, 0.25) is 15.9 Å². The highest BCUT2D eigenvalue weighted by molar-refractivity contribution is 7.89. The Labute approximate surface area is 186 Å². The van der Waals surface area contributed by atoms with E-state index in [1.165, 1.54) is 56.8 Å². The van der Waals surface area contributed by atoms with Gasteiger partial charge in [-0.05, 0) is 50.1 Å². The molecule has 10 heteroatoms. The largest absolute Gasteiger partial charge is 0.495 e. The maximum atomic E-state index is 12.5. The number of ether oxygens (including phenoxy) is 2. The molecule has 1 amide bonds. The fraction of sp³-hybridized carbons (Fsp3) is 0.333. The van der Waals surface area contributed by atoms with Gasteiger partial charge in [0.25, 0.3) is 0 Å². The van der Waals surface area contributed by atoms with Gasteiger partial charge in [-0.15, -0.1) is 11.3 Å². The van der Waals surface area contributed by atoms with Crippen molar-refractivity contribution >= 4 is 44.3 Å². The number of rotatable bonds is 8. The van der Waals surface area contributed by atoms with Gasteiger partial charge in [-0.2, -0.15) is 0 Å². The summed E-state index contributed by atoms with van der Waals surface area (Å²) in [6.45, 7) is 5.61. The molecule has 1 aromatic carbocycles. The molecular formula is C21H26N2O6S2. The van der Waals surface area contributed by atoms with E-state index in [1.54, 1.807) is 19.9 Å². The van der Waals surface area contributed by atoms with Crippen LogP contribution in [-0.2, 0) is 19.6 Å². The predicted molar refractivity (Wildman–Crippen MR) is 121 cm³/mol. The van der Waals surface area contributed by atoms with Crippen molar-refractivity contribution in [2.45, 2.75) is 25.7 Å². The highest BCUT2D eigenvalue weighted by Gasteiger charge is 2.23. The van der Waals surface area contributed by atoms with Crippen molar-refractivity contribution in [3.8, 4) is 5.75 Å². The quantitative estimate of drug-likeness (QED) is 0.472. The number of sulfonamides is 1. The Bertz CT molecular complexity index is 1120. The normalized spacial score (nSPS) is 11.7. The molecule has 0 aliphatic rings. The average Bonchev–Trinajstić information content (AvgIpc) is 2.99. The Morgan fingerprint density at radius 1 is 1.23 bits per heavy atom. The fourth-order valence-electron chi connectivity index (χ4n) is 2.68. The van der Waals surface area contributed by atoms with E-state index < -0.39 is 21.9 Å². The van der Waals surface area contributed by atoms with Gasteiger partial charge >= 0.3 is 5.97 Å². The van der Waals surface area contributed by atoms with Gasteiger partial charge in [0, 0.05) is 25.0 Å². The van der Waals surface area contributed by atoms with E-state index in [0.717, 1.165) is 14.7 Å². The first-order chi connectivity index (χ1) is 14.5. The van der Waals surface area contributed by atoms with Crippen molar-refractivity contribution in [2.75, 3.05) is 33.1 Å². The zero-order valence-electron chi connectivity index (χ0n) is 18.3. The molecule has 0 aliphatic carbocycles. The number of hydrogen-bond donors (Lipinski definition) is 1. The second-order valence-electron chi connectivity index (χ2n) is 6.73. The summed E-state index contributed by atoms with van der Waals surface area (Å²) >= 11 is 1.29. The topological polar surface area (TPSA) is 102 Å². The molecule has 8 nitrogen and oxygen atoms in total. The number of esters is 1. The number of methoxy groups -OCH3 is 1. The lowest BCUT2D eigenvalue weighted by Crippen LogP contribution is -2.22. The van der Waals surface area contributed by atoms with Crippen LogP contribution in [0.15, 0.2) is 29.2 Å². The summed E-state index contributed by atoms with van der Waals surface area (Å²) in [5.41, 5.74) is 1.60. The monoisotopic (exact) mass is 466 g/mol. The molecule has 168 valence electrons. The summed E-state index contributed by atoms with van der Waals surface area (Å²) in [5, 5.41) is 3.12. The Morgan fingerprint density at radius 3 is 2.48 bits per heavy atom. The molecule has 0 radical (unpaired) electrons. The van der Waals surface area contributed by atoms with E-state index >= 15 is 0 Å². The minimum atomic E-state index is -3.73. The van der Waals surface area contributed by atoms with Crippen LogP contribution >= 0.6 is 11.3 Å². The third kappa shape index (κ3) is 5.52. The van der Waals surface area contributed by atoms with Gasteiger partial charge in [-0.3, -0.25) is 4.79 Å². The van der Waals surface area contributed by atoms with Crippen molar-refractivity contribution in [2.24, 2.45) is 0 Å². The molecule has 31 heavy (non-hydrogen) atoms. The van der Waals surface area contributed by atoms with Crippen molar-refractivity contribution in [3.05, 3.63) is 45.8 Å². The van der Waals surface area contributed by atoms with E-state index in [9.17, 15) is 18.0 Å². The van der Waals surface area contributed by atoms with Gasteiger partial charge in [-0.1, -0.05) is 6.07 Å². The van der Waals surface area contributed by atoms with Crippen LogP contribution in [-0.4, -0.2) is 52.4 Å². The highest BCUT2D eigenvalue weighted by Crippen LogP contribution is 2.33. The molecule has 0 saturated carbocycles. The smallest absolute Gasteiger partial charge is 0.341 e. The summed E-state index contributed by atoms with van der Waals surface area (Å²) in [4.78, 5) is 25.6. The zero-order chi connectivity index (χ0) is 23.3. The van der Waals surface area contributed by atoms with Gasteiger partial charge in [0.15, 0.2) is 0 Å². The van der Waals surface area contributed by atoms with Crippen LogP contribution in [0.4, 0.5) is 5.00 Å². The number of hydrogen-bond acceptors (Lipinski definition) is 7. The summed E-state index contributed by atoms with van der Waals surface area (Å²) in [7, 11) is 0.515. The maximum Gasteiger partial charge on any atom is 0.341 e. The number of thiophene rings is 1. The Balaban J connectivity index is 2.29. The number of carbonyl (C=O) groups excluding carboxylic acids is 2. The lowest BCUT2D eigenvalue weighted by molar-refractivity contribution is -0.111. The van der Waals surface area contributed by atoms with Crippen LogP contribution in [0, 0.1) is 13.8 Å². The maximum absolute atomic E-state index is 12.5. The molecule has 1 N–H and O–H groups in total. The first-order valence-electron chi connectivity index (χ1n) is 9.39. The van der Waals surface area contributed by atoms with Gasteiger partial charge in [-0.25, -0.2) is 17.5 Å². The van der Waals surface area contributed by atoms with Crippen molar-refractivity contribution in [1.29, 1.82) is 0 Å². The standard InChI is InChI=1S/C21H26N2O6S2/c1-7-29-21(25)19-13(2)14(3)30-20(19)22-18(24)11-9-15-8-10-16(28-6)17(12-15)31(26,27)23(4)5/h8-12H,7H2,1-6H3,(H,22,24)/b11-9+. The first kappa shape index (κ1) is 24.6. The van der Waals surface area contributed by atoms with Crippen LogP contribution < -0.4 is 10.1 Å². The van der Waals surface area contributed by atoms with Crippen LogP contribution in [0.25, 0.3) is 6.08 Å². The highest BCUT2D eigenvalue weighted by atomic mass is 32.2. The van der Waals surface area contributed by atoms with Crippen LogP contribution in [0.5, 0.6) is 5.75 Å². The van der Waals surface area contributed by atoms with Crippen LogP contribution in [0.2, 0.25) is 0 Å². The predicted octanol–water partition coefficient (Wildman–Crippen LogP) is 3.45. The van der Waals surface area contributed by atoms with Crippen LogP contribution in [0.3, 0.4) is 0 Å². The van der Waals surface area contributed by atoms with Gasteiger partial charge < -0.3 is 14.8 Å². The number of nitrogens with one attached hydrogen (secondary N) is 1. The summed E-state index contributed by atoms with van der Waals surface area (Å²) < 4.78 is 36.4. The SMILES string of the molecule is CCOC(=O)c1c(NC(=O)/C=C/c2ccc(OC)c(S(=O)(=O)N(C)C)c2)sc(C)c1C. The summed E-state index contributed by atoms with van der Waals surface area (Å²) in [5.74, 6) is -0.740. The molecule has 0 bridgehead atoms. The molecule has 1 aromatic heterocycles. The number of amides is 1. The number of nitrogens with zero attached hydrogens (tertiary/aromatic N) is 1. The molecule has 0 atom stereocenters. The van der Waals surface area contributed by atoms with Crippen LogP contribution in [0.1, 0.15) is 33.3 Å². The molecule has 1 heterocycles. The van der Waals surface area contributed by atoms with Crippen molar-refractivity contribution in [3.63, 3.8) is 0 Å². The zero-order valence-corrected chi connectivity index (χ0v) is 19.9. The molecule has 0 fully saturated rings. The Hall–Kier alpha value is -2.69.